The average molecular weight is 649 g/mol. The normalized spacial score (nSPS) is 20.5. The Bertz CT molecular complexity index is 2610. The van der Waals surface area contributed by atoms with Crippen molar-refractivity contribution in [2.24, 2.45) is 5.41 Å². The summed E-state index contributed by atoms with van der Waals surface area (Å²) in [5.41, 5.74) is 19.2. The van der Waals surface area contributed by atoms with Crippen LogP contribution in [0.25, 0.3) is 61.7 Å². The SMILES string of the molecule is Cc1cccc(C)c1-c1cc2[n+](cc1CC(C)(C)C)C1(c3ccc4c(oc5c6c(ccc54)CC=C6)c3-2)C2c3ccccc3-c3cccc[n+]3C21. The van der Waals surface area contributed by atoms with Crippen molar-refractivity contribution in [2.75, 3.05) is 0 Å². The van der Waals surface area contributed by atoms with Crippen LogP contribution in [0.5, 0.6) is 0 Å². The molecule has 7 aromatic rings. The lowest BCUT2D eigenvalue weighted by Gasteiger charge is -2.22. The minimum Gasteiger partial charge on any atom is -0.455 e. The Morgan fingerprint density at radius 1 is 0.780 bits per heavy atom. The molecule has 3 heteroatoms. The van der Waals surface area contributed by atoms with Gasteiger partial charge in [-0.05, 0) is 83.7 Å². The molecule has 0 saturated heterocycles. The third-order valence-electron chi connectivity index (χ3n) is 12.2. The van der Waals surface area contributed by atoms with Gasteiger partial charge in [-0.1, -0.05) is 87.5 Å². The van der Waals surface area contributed by atoms with E-state index in [1.54, 1.807) is 0 Å². The summed E-state index contributed by atoms with van der Waals surface area (Å²) in [5, 5.41) is 2.41. The monoisotopic (exact) mass is 648 g/mol. The van der Waals surface area contributed by atoms with Crippen molar-refractivity contribution in [1.29, 1.82) is 0 Å². The molecular formula is C47H40N2O+2. The summed E-state index contributed by atoms with van der Waals surface area (Å²) in [4.78, 5) is 0. The standard InChI is InChI=1S/C47H40N2O/c1-27-12-10-13-28(2)40(27)36-24-39-41-37(22-21-35-34-20-19-29-14-11-17-31(29)43(34)50-44(35)41)47(49(39)26-30(36)25-46(3,4)5)42-33-16-7-6-15-32(33)38-18-8-9-23-48(38)45(42)47/h6-13,15-24,26,42,45H,14,25H2,1-5H3/q+2. The van der Waals surface area contributed by atoms with Gasteiger partial charge in [0.2, 0.25) is 17.4 Å². The maximum Gasteiger partial charge on any atom is 0.269 e. The first-order valence-corrected chi connectivity index (χ1v) is 18.2. The molecule has 1 saturated carbocycles. The number of rotatable bonds is 2. The van der Waals surface area contributed by atoms with Crippen LogP contribution in [-0.2, 0) is 18.4 Å². The molecule has 3 unspecified atom stereocenters. The third-order valence-corrected chi connectivity index (χ3v) is 12.2. The van der Waals surface area contributed by atoms with Gasteiger partial charge < -0.3 is 4.42 Å². The van der Waals surface area contributed by atoms with Gasteiger partial charge in [-0.25, -0.2) is 0 Å². The van der Waals surface area contributed by atoms with Crippen LogP contribution in [0.15, 0.2) is 114 Å². The molecule has 50 heavy (non-hydrogen) atoms. The van der Waals surface area contributed by atoms with Crippen LogP contribution in [-0.4, -0.2) is 0 Å². The molecule has 2 aliphatic heterocycles. The van der Waals surface area contributed by atoms with Gasteiger partial charge in [-0.2, -0.15) is 9.13 Å². The van der Waals surface area contributed by atoms with Crippen molar-refractivity contribution in [3.05, 3.63) is 148 Å². The highest BCUT2D eigenvalue weighted by molar-refractivity contribution is 6.12. The Morgan fingerprint density at radius 2 is 1.56 bits per heavy atom. The van der Waals surface area contributed by atoms with Crippen LogP contribution >= 0.6 is 0 Å². The topological polar surface area (TPSA) is 20.9 Å². The molecule has 0 bridgehead atoms. The lowest BCUT2D eigenvalue weighted by Crippen LogP contribution is -2.51. The van der Waals surface area contributed by atoms with E-state index in [1.165, 1.54) is 83.4 Å². The Balaban J connectivity index is 1.29. The fourth-order valence-corrected chi connectivity index (χ4v) is 10.3. The lowest BCUT2D eigenvalue weighted by atomic mass is 9.83. The highest BCUT2D eigenvalue weighted by Gasteiger charge is 2.86. The van der Waals surface area contributed by atoms with E-state index >= 15 is 0 Å². The lowest BCUT2D eigenvalue weighted by molar-refractivity contribution is -0.772. The molecule has 5 heterocycles. The van der Waals surface area contributed by atoms with Gasteiger partial charge in [-0.3, -0.25) is 0 Å². The molecule has 1 spiro atoms. The Hall–Kier alpha value is -5.28. The second-order valence-corrected chi connectivity index (χ2v) is 16.4. The van der Waals surface area contributed by atoms with Gasteiger partial charge in [0.15, 0.2) is 12.4 Å². The van der Waals surface area contributed by atoms with E-state index in [2.05, 4.69) is 159 Å². The van der Waals surface area contributed by atoms with Gasteiger partial charge >= 0.3 is 0 Å². The molecule has 2 aliphatic carbocycles. The van der Waals surface area contributed by atoms with Crippen molar-refractivity contribution in [1.82, 2.24) is 0 Å². The summed E-state index contributed by atoms with van der Waals surface area (Å²) in [6.07, 6.45) is 11.3. The van der Waals surface area contributed by atoms with E-state index in [1.807, 2.05) is 0 Å². The number of furan rings is 1. The first-order valence-electron chi connectivity index (χ1n) is 18.2. The highest BCUT2D eigenvalue weighted by atomic mass is 16.3. The number of aryl methyl sites for hydroxylation is 2. The van der Waals surface area contributed by atoms with Gasteiger partial charge in [-0.15, -0.1) is 0 Å². The number of pyridine rings is 2. The van der Waals surface area contributed by atoms with Crippen LogP contribution in [0.1, 0.15) is 71.7 Å². The molecule has 242 valence electrons. The molecule has 0 amide bonds. The van der Waals surface area contributed by atoms with E-state index < -0.39 is 0 Å². The van der Waals surface area contributed by atoms with Crippen molar-refractivity contribution in [2.45, 2.75) is 65.0 Å². The molecule has 4 aromatic carbocycles. The minimum atomic E-state index is -0.279. The Morgan fingerprint density at radius 3 is 2.40 bits per heavy atom. The van der Waals surface area contributed by atoms with Crippen molar-refractivity contribution >= 4 is 28.0 Å². The van der Waals surface area contributed by atoms with Crippen molar-refractivity contribution in [3.63, 3.8) is 0 Å². The van der Waals surface area contributed by atoms with E-state index in [-0.39, 0.29) is 17.0 Å². The molecule has 0 N–H and O–H groups in total. The number of fused-ring (bicyclic) bond motifs is 19. The van der Waals surface area contributed by atoms with Crippen LogP contribution in [0.4, 0.5) is 0 Å². The highest BCUT2D eigenvalue weighted by Crippen LogP contribution is 2.71. The van der Waals surface area contributed by atoms with E-state index in [9.17, 15) is 0 Å². The van der Waals surface area contributed by atoms with E-state index in [0.29, 0.717) is 5.92 Å². The van der Waals surface area contributed by atoms with E-state index in [0.717, 1.165) is 24.0 Å². The van der Waals surface area contributed by atoms with Gasteiger partial charge in [0.05, 0.1) is 11.1 Å². The molecule has 4 aliphatic rings. The molecule has 3 nitrogen and oxygen atoms in total. The zero-order valence-corrected chi connectivity index (χ0v) is 29.3. The van der Waals surface area contributed by atoms with Crippen LogP contribution in [0.3, 0.4) is 0 Å². The van der Waals surface area contributed by atoms with Crippen molar-refractivity contribution in [3.8, 4) is 33.6 Å². The number of hydrogen-bond acceptors (Lipinski definition) is 1. The fourth-order valence-electron chi connectivity index (χ4n) is 10.3. The van der Waals surface area contributed by atoms with Gasteiger partial charge in [0.25, 0.3) is 5.54 Å². The summed E-state index contributed by atoms with van der Waals surface area (Å²) in [7, 11) is 0. The maximum atomic E-state index is 7.14. The Kier molecular flexibility index (Phi) is 5.42. The molecule has 11 rings (SSSR count). The van der Waals surface area contributed by atoms with Crippen LogP contribution in [0, 0.1) is 19.3 Å². The van der Waals surface area contributed by atoms with Crippen LogP contribution in [0.2, 0.25) is 0 Å². The molecule has 3 atom stereocenters. The zero-order valence-electron chi connectivity index (χ0n) is 29.3. The van der Waals surface area contributed by atoms with Crippen molar-refractivity contribution < 1.29 is 13.6 Å². The molecule has 3 aromatic heterocycles. The fraction of sp³-hybridized carbons (Fsp3) is 0.234. The second kappa shape index (κ2) is 9.48. The zero-order chi connectivity index (χ0) is 33.7. The quantitative estimate of drug-likeness (QED) is 0.171. The second-order valence-electron chi connectivity index (χ2n) is 16.4. The van der Waals surface area contributed by atoms with Gasteiger partial charge in [0, 0.05) is 45.7 Å². The summed E-state index contributed by atoms with van der Waals surface area (Å²) in [5.74, 6) is 0.297. The summed E-state index contributed by atoms with van der Waals surface area (Å²) < 4.78 is 12.4. The number of allylic oxidation sites excluding steroid dienone is 1. The molecule has 0 radical (unpaired) electrons. The van der Waals surface area contributed by atoms with Gasteiger partial charge in [0.1, 0.15) is 17.1 Å². The third kappa shape index (κ3) is 3.50. The number of benzene rings is 4. The maximum absolute atomic E-state index is 7.14. The largest absolute Gasteiger partial charge is 0.455 e. The van der Waals surface area contributed by atoms with E-state index in [4.69, 9.17) is 4.42 Å². The predicted molar refractivity (Wildman–Crippen MR) is 201 cm³/mol. The first kappa shape index (κ1) is 28.5. The predicted octanol–water partition coefficient (Wildman–Crippen LogP) is 10.3. The number of nitrogens with zero attached hydrogens (tertiary/aromatic N) is 2. The summed E-state index contributed by atoms with van der Waals surface area (Å²) >= 11 is 0. The molecule has 1 fully saturated rings. The first-order chi connectivity index (χ1) is 24.3. The number of aromatic nitrogens is 2. The molecular weight excluding hydrogens is 609 g/mol. The summed E-state index contributed by atoms with van der Waals surface area (Å²) in [6, 6.07) is 34.7. The van der Waals surface area contributed by atoms with Crippen LogP contribution < -0.4 is 9.13 Å². The number of hydrogen-bond donors (Lipinski definition) is 0. The summed E-state index contributed by atoms with van der Waals surface area (Å²) in [6.45, 7) is 11.6. The smallest absolute Gasteiger partial charge is 0.269 e. The Labute approximate surface area is 293 Å². The average Bonchev–Trinajstić information content (AvgIpc) is 3.34. The minimum absolute atomic E-state index is 0.114.